The van der Waals surface area contributed by atoms with Gasteiger partial charge in [0.15, 0.2) is 0 Å². The molecule has 4 rings (SSSR count). The molecule has 0 spiro atoms. The van der Waals surface area contributed by atoms with Gasteiger partial charge in [0, 0.05) is 11.8 Å². The molecule has 0 bridgehead atoms. The molecule has 0 heterocycles. The fraction of sp³-hybridized carbons (Fsp3) is 0.238. The molecule has 0 saturated heterocycles. The van der Waals surface area contributed by atoms with Gasteiger partial charge in [-0.25, -0.2) is 0 Å². The third-order valence-corrected chi connectivity index (χ3v) is 5.20. The van der Waals surface area contributed by atoms with Gasteiger partial charge >= 0.3 is 37.7 Å². The fourth-order valence-corrected chi connectivity index (χ4v) is 3.99. The number of hydrogen-bond acceptors (Lipinski definition) is 0. The van der Waals surface area contributed by atoms with Crippen molar-refractivity contribution in [1.82, 2.24) is 0 Å². The molecule has 0 N–H and O–H groups in total. The Morgan fingerprint density at radius 1 is 0.652 bits per heavy atom. The SMILES string of the molecule is CC(C)(C1C=Cc2ccccc21)C1C=Cc2ccccc21.[LiH].[LiH]. The molecule has 0 saturated carbocycles. The summed E-state index contributed by atoms with van der Waals surface area (Å²) in [5.41, 5.74) is 5.88. The summed E-state index contributed by atoms with van der Waals surface area (Å²) in [6.07, 6.45) is 9.34. The van der Waals surface area contributed by atoms with Crippen LogP contribution in [0.5, 0.6) is 0 Å². The van der Waals surface area contributed by atoms with Crippen LogP contribution in [-0.4, -0.2) is 37.7 Å². The van der Waals surface area contributed by atoms with Crippen molar-refractivity contribution in [3.05, 3.63) is 82.9 Å². The van der Waals surface area contributed by atoms with Crippen molar-refractivity contribution >= 4 is 49.9 Å². The molecule has 0 amide bonds. The van der Waals surface area contributed by atoms with Gasteiger partial charge in [0.25, 0.3) is 0 Å². The molecule has 0 fully saturated rings. The summed E-state index contributed by atoms with van der Waals surface area (Å²) in [5.74, 6) is 0.962. The maximum absolute atomic E-state index is 2.40. The van der Waals surface area contributed by atoms with Gasteiger partial charge < -0.3 is 0 Å². The second kappa shape index (κ2) is 6.93. The molecular weight excluding hydrogens is 266 g/mol. The monoisotopic (exact) mass is 288 g/mol. The summed E-state index contributed by atoms with van der Waals surface area (Å²) in [7, 11) is 0. The van der Waals surface area contributed by atoms with E-state index < -0.39 is 0 Å². The van der Waals surface area contributed by atoms with Crippen LogP contribution in [0.15, 0.2) is 60.7 Å². The molecule has 0 radical (unpaired) electrons. The molecule has 2 aliphatic carbocycles. The van der Waals surface area contributed by atoms with Crippen LogP contribution in [0, 0.1) is 5.41 Å². The molecule has 2 atom stereocenters. The van der Waals surface area contributed by atoms with E-state index in [2.05, 4.69) is 86.7 Å². The molecule has 0 aromatic heterocycles. The van der Waals surface area contributed by atoms with Crippen molar-refractivity contribution in [2.24, 2.45) is 5.41 Å². The first-order chi connectivity index (χ1) is 10.2. The van der Waals surface area contributed by atoms with E-state index in [-0.39, 0.29) is 43.1 Å². The Balaban J connectivity index is 0.000000960. The van der Waals surface area contributed by atoms with Crippen molar-refractivity contribution in [3.8, 4) is 0 Å². The molecule has 108 valence electrons. The predicted molar refractivity (Wildman–Crippen MR) is 105 cm³/mol. The number of rotatable bonds is 2. The first-order valence-electron chi connectivity index (χ1n) is 7.72. The summed E-state index contributed by atoms with van der Waals surface area (Å²) < 4.78 is 0. The van der Waals surface area contributed by atoms with Gasteiger partial charge in [-0.05, 0) is 27.7 Å². The number of fused-ring (bicyclic) bond motifs is 2. The Morgan fingerprint density at radius 2 is 1.04 bits per heavy atom. The van der Waals surface area contributed by atoms with Crippen LogP contribution in [0.4, 0.5) is 0 Å². The van der Waals surface area contributed by atoms with E-state index in [4.69, 9.17) is 0 Å². The first-order valence-corrected chi connectivity index (χ1v) is 7.72. The van der Waals surface area contributed by atoms with Crippen LogP contribution in [-0.2, 0) is 0 Å². The van der Waals surface area contributed by atoms with Crippen molar-refractivity contribution in [1.29, 1.82) is 0 Å². The third-order valence-electron chi connectivity index (χ3n) is 5.20. The van der Waals surface area contributed by atoms with Crippen LogP contribution in [0.1, 0.15) is 47.9 Å². The minimum absolute atomic E-state index is 0. The average molecular weight is 288 g/mol. The first kappa shape index (κ1) is 18.5. The van der Waals surface area contributed by atoms with Crippen molar-refractivity contribution in [3.63, 3.8) is 0 Å². The molecule has 2 unspecified atom stereocenters. The number of allylic oxidation sites excluding steroid dienone is 2. The molecule has 0 aliphatic heterocycles. The molecule has 2 heteroatoms. The maximum atomic E-state index is 2.40. The molecule has 2 aliphatic rings. The zero-order valence-corrected chi connectivity index (χ0v) is 12.6. The molecule has 23 heavy (non-hydrogen) atoms. The topological polar surface area (TPSA) is 0 Å². The van der Waals surface area contributed by atoms with E-state index in [1.807, 2.05) is 0 Å². The zero-order chi connectivity index (χ0) is 14.4. The Hall–Kier alpha value is -0.885. The van der Waals surface area contributed by atoms with E-state index in [0.717, 1.165) is 0 Å². The summed E-state index contributed by atoms with van der Waals surface area (Å²) in [6, 6.07) is 17.6. The van der Waals surface area contributed by atoms with E-state index >= 15 is 0 Å². The van der Waals surface area contributed by atoms with Crippen LogP contribution >= 0.6 is 0 Å². The Labute approximate surface area is 163 Å². The fourth-order valence-electron chi connectivity index (χ4n) is 3.99. The van der Waals surface area contributed by atoms with Crippen LogP contribution < -0.4 is 0 Å². The van der Waals surface area contributed by atoms with Crippen molar-refractivity contribution in [2.75, 3.05) is 0 Å². The number of hydrogen-bond donors (Lipinski definition) is 0. The summed E-state index contributed by atoms with van der Waals surface area (Å²) in [5, 5.41) is 0. The molecule has 0 nitrogen and oxygen atoms in total. The molecule has 2 aromatic carbocycles. The predicted octanol–water partition coefficient (Wildman–Crippen LogP) is 4.34. The Kier molecular flexibility index (Phi) is 5.56. The van der Waals surface area contributed by atoms with Gasteiger partial charge in [0.05, 0.1) is 0 Å². The Bertz CT molecular complexity index is 692. The van der Waals surface area contributed by atoms with E-state index in [1.54, 1.807) is 0 Å². The average Bonchev–Trinajstić information content (AvgIpc) is 3.12. The van der Waals surface area contributed by atoms with E-state index in [1.165, 1.54) is 22.3 Å². The third kappa shape index (κ3) is 2.95. The van der Waals surface area contributed by atoms with Crippen LogP contribution in [0.3, 0.4) is 0 Å². The van der Waals surface area contributed by atoms with Crippen LogP contribution in [0.25, 0.3) is 12.2 Å². The van der Waals surface area contributed by atoms with Crippen molar-refractivity contribution in [2.45, 2.75) is 25.7 Å². The summed E-state index contributed by atoms with van der Waals surface area (Å²) in [6.45, 7) is 4.81. The van der Waals surface area contributed by atoms with Gasteiger partial charge in [-0.15, -0.1) is 0 Å². The normalized spacial score (nSPS) is 20.4. The minimum atomic E-state index is 0. The number of benzene rings is 2. The van der Waals surface area contributed by atoms with Gasteiger partial charge in [0.2, 0.25) is 0 Å². The zero-order valence-electron chi connectivity index (χ0n) is 12.6. The molecule has 2 aromatic rings. The Morgan fingerprint density at radius 3 is 1.48 bits per heavy atom. The second-order valence-corrected chi connectivity index (χ2v) is 6.75. The summed E-state index contributed by atoms with van der Waals surface area (Å²) in [4.78, 5) is 0. The van der Waals surface area contributed by atoms with Gasteiger partial charge in [0.1, 0.15) is 0 Å². The van der Waals surface area contributed by atoms with E-state index in [9.17, 15) is 0 Å². The van der Waals surface area contributed by atoms with E-state index in [0.29, 0.717) is 11.8 Å². The van der Waals surface area contributed by atoms with Gasteiger partial charge in [-0.1, -0.05) is 86.7 Å². The van der Waals surface area contributed by atoms with Gasteiger partial charge in [-0.2, -0.15) is 0 Å². The standard InChI is InChI=1S/C21H20.2Li.2H/c1-21(2,19-13-11-15-7-3-5-9-17(15)19)20-14-12-16-8-4-6-10-18(16)20;;;;/h3-14,19-20H,1-2H3;;;;. The quantitative estimate of drug-likeness (QED) is 0.721. The van der Waals surface area contributed by atoms with Gasteiger partial charge in [-0.3, -0.25) is 0 Å². The second-order valence-electron chi connectivity index (χ2n) is 6.75. The van der Waals surface area contributed by atoms with Crippen molar-refractivity contribution < 1.29 is 0 Å². The van der Waals surface area contributed by atoms with Crippen LogP contribution in [0.2, 0.25) is 0 Å². The molecular formula is C21H22Li2. The summed E-state index contributed by atoms with van der Waals surface area (Å²) >= 11 is 0.